The van der Waals surface area contributed by atoms with Crippen molar-refractivity contribution < 1.29 is 22.8 Å². The molecule has 3 rings (SSSR count). The second-order valence-corrected chi connectivity index (χ2v) is 7.73. The third-order valence-corrected chi connectivity index (χ3v) is 5.33. The zero-order valence-corrected chi connectivity index (χ0v) is 16.4. The lowest BCUT2D eigenvalue weighted by Crippen LogP contribution is -2.45. The quantitative estimate of drug-likeness (QED) is 0.712. The van der Waals surface area contributed by atoms with E-state index in [0.29, 0.717) is 18.1 Å². The van der Waals surface area contributed by atoms with Crippen LogP contribution in [0.15, 0.2) is 28.2 Å². The summed E-state index contributed by atoms with van der Waals surface area (Å²) in [6.07, 6.45) is -3.88. The maximum absolute atomic E-state index is 12.9. The lowest BCUT2D eigenvalue weighted by molar-refractivity contribution is -0.137. The minimum absolute atomic E-state index is 0.0794. The molecule has 2 aromatic rings. The molecule has 12 heteroatoms. The lowest BCUT2D eigenvalue weighted by Gasteiger charge is -2.31. The third-order valence-electron chi connectivity index (χ3n) is 4.26. The average Bonchev–Trinajstić information content (AvgIpc) is 2.99. The van der Waals surface area contributed by atoms with Crippen LogP contribution < -0.4 is 15.9 Å². The van der Waals surface area contributed by atoms with Crippen LogP contribution in [-0.2, 0) is 22.3 Å². The van der Waals surface area contributed by atoms with Crippen molar-refractivity contribution in [1.82, 2.24) is 14.8 Å². The van der Waals surface area contributed by atoms with Crippen molar-refractivity contribution in [3.8, 4) is 0 Å². The predicted molar refractivity (Wildman–Crippen MR) is 101 cm³/mol. The van der Waals surface area contributed by atoms with Gasteiger partial charge in [-0.1, -0.05) is 18.7 Å². The third kappa shape index (κ3) is 4.31. The van der Waals surface area contributed by atoms with Gasteiger partial charge in [-0.3, -0.25) is 19.1 Å². The Bertz CT molecular complexity index is 1000. The molecule has 2 heterocycles. The minimum atomic E-state index is -4.57. The van der Waals surface area contributed by atoms with Gasteiger partial charge in [0.25, 0.3) is 0 Å². The van der Waals surface area contributed by atoms with Crippen molar-refractivity contribution in [1.29, 1.82) is 0 Å². The van der Waals surface area contributed by atoms with E-state index in [1.165, 1.54) is 4.57 Å². The largest absolute Gasteiger partial charge is 0.416 e. The zero-order valence-electron chi connectivity index (χ0n) is 15.5. The summed E-state index contributed by atoms with van der Waals surface area (Å²) >= 11 is 1.03. The number of rotatable bonds is 5. The van der Waals surface area contributed by atoms with Crippen molar-refractivity contribution >= 4 is 35.0 Å². The maximum atomic E-state index is 12.9. The summed E-state index contributed by atoms with van der Waals surface area (Å²) in [7, 11) is 0. The Morgan fingerprint density at radius 2 is 2.07 bits per heavy atom. The molecule has 0 radical (unpaired) electrons. The second-order valence-electron chi connectivity index (χ2n) is 6.43. The number of fused-ring (bicyclic) bond motifs is 1. The summed E-state index contributed by atoms with van der Waals surface area (Å²) in [5.74, 6) is -1.07. The topological polar surface area (TPSA) is 100 Å². The molecule has 1 aliphatic heterocycles. The number of alkyl halides is 3. The number of benzene rings is 1. The van der Waals surface area contributed by atoms with Gasteiger partial charge in [0.05, 0.1) is 22.2 Å². The summed E-state index contributed by atoms with van der Waals surface area (Å²) in [6, 6.07) is 2.83. The Labute approximate surface area is 167 Å². The van der Waals surface area contributed by atoms with Crippen molar-refractivity contribution in [3.63, 3.8) is 0 Å². The number of thioether (sulfide) groups is 1. The van der Waals surface area contributed by atoms with Crippen molar-refractivity contribution in [2.75, 3.05) is 16.8 Å². The van der Waals surface area contributed by atoms with E-state index >= 15 is 0 Å². The molecule has 1 unspecified atom stereocenters. The summed E-state index contributed by atoms with van der Waals surface area (Å²) in [5, 5.41) is 8.21. The highest BCUT2D eigenvalue weighted by Crippen LogP contribution is 2.37. The van der Waals surface area contributed by atoms with Gasteiger partial charge in [-0.25, -0.2) is 9.89 Å². The van der Waals surface area contributed by atoms with Gasteiger partial charge in [0.15, 0.2) is 5.16 Å². The Balaban J connectivity index is 1.86. The number of halogens is 3. The van der Waals surface area contributed by atoms with Crippen LogP contribution in [0.5, 0.6) is 0 Å². The number of hydrogen-bond acceptors (Lipinski definition) is 5. The van der Waals surface area contributed by atoms with E-state index in [4.69, 9.17) is 0 Å². The molecular weight excluding hydrogens is 411 g/mol. The van der Waals surface area contributed by atoms with E-state index in [-0.39, 0.29) is 17.9 Å². The molecule has 29 heavy (non-hydrogen) atoms. The number of anilines is 2. The molecule has 156 valence electrons. The van der Waals surface area contributed by atoms with Gasteiger partial charge in [-0.05, 0) is 31.5 Å². The zero-order chi connectivity index (χ0) is 21.3. The Hall–Kier alpha value is -2.76. The first-order valence-corrected chi connectivity index (χ1v) is 9.64. The van der Waals surface area contributed by atoms with E-state index < -0.39 is 34.5 Å². The average molecular weight is 429 g/mol. The van der Waals surface area contributed by atoms with E-state index in [9.17, 15) is 27.6 Å². The van der Waals surface area contributed by atoms with Gasteiger partial charge in [-0.2, -0.15) is 13.2 Å². The van der Waals surface area contributed by atoms with Crippen LogP contribution >= 0.6 is 11.8 Å². The number of carbonyl (C=O) groups excluding carboxylic acids is 2. The van der Waals surface area contributed by atoms with Gasteiger partial charge in [0.1, 0.15) is 6.54 Å². The predicted octanol–water partition coefficient (Wildman–Crippen LogP) is 2.47. The van der Waals surface area contributed by atoms with Gasteiger partial charge in [-0.15, -0.1) is 5.10 Å². The number of hydrogen-bond donors (Lipinski definition) is 2. The Morgan fingerprint density at radius 1 is 1.34 bits per heavy atom. The fraction of sp³-hybridized carbons (Fsp3) is 0.412. The molecule has 0 bridgehead atoms. The number of aromatic nitrogens is 3. The molecule has 1 atom stereocenters. The summed E-state index contributed by atoms with van der Waals surface area (Å²) in [4.78, 5) is 37.8. The van der Waals surface area contributed by atoms with Crippen LogP contribution in [0.4, 0.5) is 24.5 Å². The van der Waals surface area contributed by atoms with E-state index in [0.717, 1.165) is 34.9 Å². The molecule has 0 fully saturated rings. The highest BCUT2D eigenvalue weighted by Gasteiger charge is 2.35. The molecule has 2 amide bonds. The number of nitrogens with one attached hydrogen (secondary N) is 2. The smallest absolute Gasteiger partial charge is 0.323 e. The van der Waals surface area contributed by atoms with Crippen LogP contribution in [-0.4, -0.2) is 38.4 Å². The molecule has 1 aliphatic rings. The highest BCUT2D eigenvalue weighted by molar-refractivity contribution is 8.00. The lowest BCUT2D eigenvalue weighted by atomic mass is 10.1. The minimum Gasteiger partial charge on any atom is -0.323 e. The summed E-state index contributed by atoms with van der Waals surface area (Å²) in [6.45, 7) is 3.58. The van der Waals surface area contributed by atoms with Crippen LogP contribution in [0.3, 0.4) is 0 Å². The fourth-order valence-corrected chi connectivity index (χ4v) is 3.85. The van der Waals surface area contributed by atoms with E-state index in [1.807, 2.05) is 6.92 Å². The molecular formula is C17H18F3N5O3S. The molecule has 1 aromatic heterocycles. The molecule has 2 N–H and O–H groups in total. The Morgan fingerprint density at radius 3 is 2.72 bits per heavy atom. The summed E-state index contributed by atoms with van der Waals surface area (Å²) < 4.78 is 40.3. The maximum Gasteiger partial charge on any atom is 0.416 e. The first-order valence-electron chi connectivity index (χ1n) is 8.76. The van der Waals surface area contributed by atoms with Crippen LogP contribution in [0, 0.1) is 0 Å². The van der Waals surface area contributed by atoms with Gasteiger partial charge < -0.3 is 5.32 Å². The molecule has 1 aromatic carbocycles. The van der Waals surface area contributed by atoms with E-state index in [1.54, 1.807) is 6.92 Å². The first-order chi connectivity index (χ1) is 13.6. The van der Waals surface area contributed by atoms with Gasteiger partial charge in [0, 0.05) is 6.54 Å². The van der Waals surface area contributed by atoms with Crippen LogP contribution in [0.2, 0.25) is 0 Å². The number of amides is 2. The van der Waals surface area contributed by atoms with Crippen molar-refractivity contribution in [2.24, 2.45) is 0 Å². The molecule has 0 saturated heterocycles. The first kappa shape index (κ1) is 21.0. The normalized spacial score (nSPS) is 15.1. The monoisotopic (exact) mass is 429 g/mol. The number of carbonyl (C=O) groups is 2. The second kappa shape index (κ2) is 7.93. The standard InChI is InChI=1S/C17H18F3N5O3S/c1-3-6-24-15(28)22-23-16(24)29-9(2)14(27)25-8-13(26)21-11-7-10(17(18,19)20)4-5-12(11)25/h4-5,7,9H,3,6,8H2,1-2H3,(H,21,26)(H,22,28). The van der Waals surface area contributed by atoms with E-state index in [2.05, 4.69) is 15.5 Å². The Kier molecular flexibility index (Phi) is 5.73. The number of H-pyrrole nitrogens is 1. The van der Waals surface area contributed by atoms with Crippen molar-refractivity contribution in [3.05, 3.63) is 34.2 Å². The highest BCUT2D eigenvalue weighted by atomic mass is 32.2. The van der Waals surface area contributed by atoms with Crippen LogP contribution in [0.1, 0.15) is 25.8 Å². The molecule has 0 aliphatic carbocycles. The summed E-state index contributed by atoms with van der Waals surface area (Å²) in [5.41, 5.74) is -1.21. The number of aromatic amines is 1. The molecule has 0 saturated carbocycles. The van der Waals surface area contributed by atoms with Crippen molar-refractivity contribution in [2.45, 2.75) is 43.4 Å². The van der Waals surface area contributed by atoms with Gasteiger partial charge in [0.2, 0.25) is 11.8 Å². The van der Waals surface area contributed by atoms with Gasteiger partial charge >= 0.3 is 11.9 Å². The fourth-order valence-electron chi connectivity index (χ4n) is 2.90. The SMILES string of the molecule is CCCn1c(SC(C)C(=O)N2CC(=O)Nc3cc(C(F)(F)F)ccc32)n[nH]c1=O. The number of nitrogens with zero attached hydrogens (tertiary/aromatic N) is 3. The van der Waals surface area contributed by atoms with Crippen LogP contribution in [0.25, 0.3) is 0 Å². The molecule has 0 spiro atoms. The molecule has 8 nitrogen and oxygen atoms in total.